The molecule has 0 aliphatic carbocycles. The monoisotopic (exact) mass is 1020 g/mol. The number of hydrogen-bond acceptors (Lipinski definition) is 10. The molecular formula is C57H77N7O10. The molecule has 0 aliphatic rings. The highest BCUT2D eigenvalue weighted by molar-refractivity contribution is 6.08. The molecule has 400 valence electrons. The molecule has 0 saturated carbocycles. The SMILES string of the molecule is COC(=O)[C@H](CC(C)C)NC(=O)/C(=C\c1ccccc1)NC(=O)[C@H](CC(C)C)NC(=O)/C(=C/c1ccccc1)NC(=O)[C@H](CC(C)C)NC(=O)/C(=C\c1ccccc1)NC(=O)[C@H](CC(C)C)NC(=O)OC(C)(C)C. The van der Waals surface area contributed by atoms with E-state index in [9.17, 15) is 38.4 Å². The molecule has 17 nitrogen and oxygen atoms in total. The van der Waals surface area contributed by atoms with Crippen LogP contribution in [0.5, 0.6) is 0 Å². The number of methoxy groups -OCH3 is 1. The number of nitrogens with one attached hydrogen (secondary N) is 7. The van der Waals surface area contributed by atoms with Crippen molar-refractivity contribution in [1.29, 1.82) is 0 Å². The minimum atomic E-state index is -1.28. The molecule has 17 heteroatoms. The fraction of sp³-hybridized carbons (Fsp3) is 0.439. The predicted octanol–water partition coefficient (Wildman–Crippen LogP) is 7.16. The summed E-state index contributed by atoms with van der Waals surface area (Å²) in [4.78, 5) is 111. The van der Waals surface area contributed by atoms with E-state index in [1.807, 2.05) is 55.4 Å². The molecule has 0 bridgehead atoms. The standard InChI is InChI=1S/C57H77N7O10/c1-35(2)28-42(59-53(69)46(33-40-24-18-14-19-25-40)62-51(67)44(30-37(5)6)64-56(72)74-57(9,10)11)49(65)60-45(32-39-22-16-13-17-23-39)52(68)58-43(29-36(3)4)50(66)61-47(34-41-26-20-15-21-27-41)54(70)63-48(31-38(7)8)55(71)73-12/h13-27,32-38,42-44,48H,28-31H2,1-12H3,(H,58,68)(H,59,69)(H,60,65)(H,61,66)(H,62,67)(H,63,70)(H,64,72)/b45-32-,46-33+,47-34+/t42-,43-,44-,48-/m0/s1. The summed E-state index contributed by atoms with van der Waals surface area (Å²) in [5, 5.41) is 18.9. The predicted molar refractivity (Wildman–Crippen MR) is 286 cm³/mol. The first-order chi connectivity index (χ1) is 34.8. The third-order valence-corrected chi connectivity index (χ3v) is 10.7. The molecule has 0 unspecified atom stereocenters. The Balaban J connectivity index is 2.02. The van der Waals surface area contributed by atoms with Crippen molar-refractivity contribution in [3.8, 4) is 0 Å². The Morgan fingerprint density at radius 1 is 0.432 bits per heavy atom. The molecular weight excluding hydrogens is 943 g/mol. The van der Waals surface area contributed by atoms with Crippen molar-refractivity contribution in [1.82, 2.24) is 37.2 Å². The number of carbonyl (C=O) groups is 8. The molecule has 7 N–H and O–H groups in total. The van der Waals surface area contributed by atoms with E-state index in [1.165, 1.54) is 25.3 Å². The maximum atomic E-state index is 14.5. The first-order valence-corrected chi connectivity index (χ1v) is 25.1. The Hall–Kier alpha value is -7.56. The van der Waals surface area contributed by atoms with Gasteiger partial charge in [0.25, 0.3) is 17.7 Å². The normalized spacial score (nSPS) is 13.8. The summed E-state index contributed by atoms with van der Waals surface area (Å²) < 4.78 is 10.4. The Kier molecular flexibility index (Phi) is 24.5. The lowest BCUT2D eigenvalue weighted by Crippen LogP contribution is -2.53. The quantitative estimate of drug-likeness (QED) is 0.0334. The fourth-order valence-corrected chi connectivity index (χ4v) is 7.38. The highest BCUT2D eigenvalue weighted by atomic mass is 16.6. The number of carbonyl (C=O) groups excluding carboxylic acids is 8. The van der Waals surface area contributed by atoms with Crippen LogP contribution in [-0.2, 0) is 43.0 Å². The highest BCUT2D eigenvalue weighted by Crippen LogP contribution is 2.16. The summed E-state index contributed by atoms with van der Waals surface area (Å²) in [6.07, 6.45) is 4.16. The lowest BCUT2D eigenvalue weighted by molar-refractivity contribution is -0.145. The number of alkyl carbamates (subject to hydrolysis) is 1. The first-order valence-electron chi connectivity index (χ1n) is 25.1. The number of hydrogen-bond donors (Lipinski definition) is 7. The molecule has 0 saturated heterocycles. The van der Waals surface area contributed by atoms with Crippen LogP contribution in [0.1, 0.15) is 119 Å². The van der Waals surface area contributed by atoms with Gasteiger partial charge in [-0.1, -0.05) is 146 Å². The number of amides is 7. The van der Waals surface area contributed by atoms with Crippen LogP contribution in [0.25, 0.3) is 18.2 Å². The number of ether oxygens (including phenoxy) is 2. The van der Waals surface area contributed by atoms with Gasteiger partial charge in [-0.25, -0.2) is 9.59 Å². The minimum absolute atomic E-state index is 0.00199. The molecule has 4 atom stereocenters. The van der Waals surface area contributed by atoms with Gasteiger partial charge in [-0.2, -0.15) is 0 Å². The maximum absolute atomic E-state index is 14.5. The van der Waals surface area contributed by atoms with Crippen molar-refractivity contribution < 1.29 is 47.8 Å². The van der Waals surface area contributed by atoms with Gasteiger partial charge in [-0.15, -0.1) is 0 Å². The van der Waals surface area contributed by atoms with Gasteiger partial charge < -0.3 is 46.7 Å². The lowest BCUT2D eigenvalue weighted by Gasteiger charge is -2.25. The van der Waals surface area contributed by atoms with Crippen LogP contribution in [-0.4, -0.2) is 84.4 Å². The summed E-state index contributed by atoms with van der Waals surface area (Å²) in [6, 6.07) is 21.5. The Morgan fingerprint density at radius 2 is 0.703 bits per heavy atom. The van der Waals surface area contributed by atoms with Crippen LogP contribution >= 0.6 is 0 Å². The number of esters is 1. The van der Waals surface area contributed by atoms with Crippen molar-refractivity contribution in [2.24, 2.45) is 23.7 Å². The third kappa shape index (κ3) is 22.5. The van der Waals surface area contributed by atoms with E-state index in [0.717, 1.165) is 0 Å². The molecule has 3 aromatic carbocycles. The van der Waals surface area contributed by atoms with E-state index in [4.69, 9.17) is 9.47 Å². The summed E-state index contributed by atoms with van der Waals surface area (Å²) in [6.45, 7) is 20.0. The molecule has 0 heterocycles. The smallest absolute Gasteiger partial charge is 0.408 e. The zero-order valence-electron chi connectivity index (χ0n) is 44.9. The molecule has 7 amide bonds. The topological polar surface area (TPSA) is 239 Å². The van der Waals surface area contributed by atoms with Crippen molar-refractivity contribution >= 4 is 65.7 Å². The second-order valence-corrected chi connectivity index (χ2v) is 20.7. The van der Waals surface area contributed by atoms with Gasteiger partial charge in [0.2, 0.25) is 17.7 Å². The average Bonchev–Trinajstić information content (AvgIpc) is 3.31. The highest BCUT2D eigenvalue weighted by Gasteiger charge is 2.32. The molecule has 74 heavy (non-hydrogen) atoms. The van der Waals surface area contributed by atoms with Crippen LogP contribution in [0, 0.1) is 23.7 Å². The van der Waals surface area contributed by atoms with Gasteiger partial charge in [0.1, 0.15) is 46.9 Å². The van der Waals surface area contributed by atoms with Crippen molar-refractivity contribution in [3.63, 3.8) is 0 Å². The summed E-state index contributed by atoms with van der Waals surface area (Å²) >= 11 is 0. The zero-order valence-corrected chi connectivity index (χ0v) is 44.9. The van der Waals surface area contributed by atoms with Gasteiger partial charge >= 0.3 is 12.1 Å². The van der Waals surface area contributed by atoms with Gasteiger partial charge in [0.05, 0.1) is 7.11 Å². The molecule has 0 aromatic heterocycles. The van der Waals surface area contributed by atoms with Gasteiger partial charge in [-0.3, -0.25) is 28.8 Å². The number of rotatable bonds is 25. The summed E-state index contributed by atoms with van der Waals surface area (Å²) in [5.41, 5.74) is 0.0985. The molecule has 0 radical (unpaired) electrons. The first kappa shape index (κ1) is 60.7. The Labute approximate surface area is 436 Å². The summed E-state index contributed by atoms with van der Waals surface area (Å²) in [7, 11) is 1.22. The van der Waals surface area contributed by atoms with Crippen molar-refractivity contribution in [2.75, 3.05) is 7.11 Å². The van der Waals surface area contributed by atoms with Crippen molar-refractivity contribution in [3.05, 3.63) is 125 Å². The van der Waals surface area contributed by atoms with Crippen LogP contribution in [0.2, 0.25) is 0 Å². The summed E-state index contributed by atoms with van der Waals surface area (Å²) in [5.74, 6) is -5.74. The maximum Gasteiger partial charge on any atom is 0.408 e. The Morgan fingerprint density at radius 3 is 0.973 bits per heavy atom. The minimum Gasteiger partial charge on any atom is -0.467 e. The molecule has 0 spiro atoms. The van der Waals surface area contributed by atoms with E-state index in [-0.39, 0.29) is 66.4 Å². The fourth-order valence-electron chi connectivity index (χ4n) is 7.38. The average molecular weight is 1020 g/mol. The van der Waals surface area contributed by atoms with Crippen LogP contribution in [0.15, 0.2) is 108 Å². The second kappa shape index (κ2) is 29.8. The third-order valence-electron chi connectivity index (χ3n) is 10.7. The van der Waals surface area contributed by atoms with Crippen LogP contribution < -0.4 is 37.2 Å². The van der Waals surface area contributed by atoms with Gasteiger partial charge in [0, 0.05) is 0 Å². The van der Waals surface area contributed by atoms with E-state index in [2.05, 4.69) is 37.2 Å². The van der Waals surface area contributed by atoms with E-state index >= 15 is 0 Å². The van der Waals surface area contributed by atoms with Gasteiger partial charge in [0.15, 0.2) is 0 Å². The van der Waals surface area contributed by atoms with E-state index in [1.54, 1.807) is 112 Å². The molecule has 3 aromatic rings. The molecule has 0 aliphatic heterocycles. The van der Waals surface area contributed by atoms with Crippen LogP contribution in [0.3, 0.4) is 0 Å². The second-order valence-electron chi connectivity index (χ2n) is 20.7. The zero-order chi connectivity index (χ0) is 55.1. The van der Waals surface area contributed by atoms with E-state index < -0.39 is 77.3 Å². The largest absolute Gasteiger partial charge is 0.467 e. The Bertz CT molecular complexity index is 2460. The van der Waals surface area contributed by atoms with Crippen molar-refractivity contribution in [2.45, 2.75) is 132 Å². The van der Waals surface area contributed by atoms with E-state index in [0.29, 0.717) is 16.7 Å². The molecule has 0 fully saturated rings. The van der Waals surface area contributed by atoms with Gasteiger partial charge in [-0.05, 0) is 105 Å². The van der Waals surface area contributed by atoms with Crippen LogP contribution in [0.4, 0.5) is 4.79 Å². The number of benzene rings is 3. The lowest BCUT2D eigenvalue weighted by atomic mass is 10.0. The molecule has 3 rings (SSSR count).